The highest BCUT2D eigenvalue weighted by Crippen LogP contribution is 2.59. The Hall–Kier alpha value is -0.650. The lowest BCUT2D eigenvalue weighted by Crippen LogP contribution is -2.50. The molecule has 1 amide bonds. The maximum atomic E-state index is 12.7. The van der Waals surface area contributed by atoms with Gasteiger partial charge in [0.1, 0.15) is 0 Å². The molecule has 2 saturated heterocycles. The van der Waals surface area contributed by atoms with Crippen molar-refractivity contribution in [2.24, 2.45) is 11.3 Å². The van der Waals surface area contributed by atoms with Crippen LogP contribution in [0.1, 0.15) is 33.1 Å². The maximum Gasteiger partial charge on any atom is 0.226 e. The lowest BCUT2D eigenvalue weighted by molar-refractivity contribution is -0.135. The van der Waals surface area contributed by atoms with Crippen molar-refractivity contribution in [3.8, 4) is 0 Å². The van der Waals surface area contributed by atoms with E-state index in [9.17, 15) is 4.79 Å². The minimum absolute atomic E-state index is 0.305. The molecule has 1 spiro atoms. The summed E-state index contributed by atoms with van der Waals surface area (Å²) in [6.45, 7) is 11.9. The number of hydrogen-bond donors (Lipinski definition) is 1. The first kappa shape index (κ1) is 16.2. The van der Waals surface area contributed by atoms with Gasteiger partial charge in [-0.25, -0.2) is 0 Å². The molecule has 0 radical (unpaired) electrons. The summed E-state index contributed by atoms with van der Waals surface area (Å²) in [6.07, 6.45) is 3.82. The van der Waals surface area contributed by atoms with Gasteiger partial charge in [-0.2, -0.15) is 0 Å². The van der Waals surface area contributed by atoms with E-state index < -0.39 is 0 Å². The van der Waals surface area contributed by atoms with Gasteiger partial charge in [-0.05, 0) is 51.6 Å². The molecule has 0 aromatic heterocycles. The Kier molecular flexibility index (Phi) is 5.05. The number of nitrogens with one attached hydrogen (secondary N) is 1. The molecule has 0 aromatic carbocycles. The fraction of sp³-hybridized carbons (Fsp3) is 0.941. The van der Waals surface area contributed by atoms with Gasteiger partial charge in [0.2, 0.25) is 5.91 Å². The molecule has 3 aliphatic rings. The smallest absolute Gasteiger partial charge is 0.226 e. The molecule has 1 aliphatic carbocycles. The van der Waals surface area contributed by atoms with Crippen molar-refractivity contribution in [2.75, 3.05) is 52.4 Å². The average Bonchev–Trinajstić information content (AvgIpc) is 3.21. The van der Waals surface area contributed by atoms with Gasteiger partial charge in [-0.15, -0.1) is 0 Å². The Morgan fingerprint density at radius 3 is 2.55 bits per heavy atom. The third kappa shape index (κ3) is 3.63. The third-order valence-electron chi connectivity index (χ3n) is 5.63. The van der Waals surface area contributed by atoms with E-state index in [-0.39, 0.29) is 0 Å². The molecule has 1 N–H and O–H groups in total. The van der Waals surface area contributed by atoms with E-state index in [1.165, 1.54) is 12.8 Å². The fourth-order valence-electron chi connectivity index (χ4n) is 4.00. The predicted octanol–water partition coefficient (Wildman–Crippen LogP) is 0.945. The van der Waals surface area contributed by atoms with E-state index in [0.717, 1.165) is 58.8 Å². The second kappa shape index (κ2) is 6.85. The molecule has 0 bridgehead atoms. The van der Waals surface area contributed by atoms with Crippen LogP contribution in [0.15, 0.2) is 0 Å². The number of piperidine rings is 1. The molecule has 0 aromatic rings. The lowest BCUT2D eigenvalue weighted by Gasteiger charge is -2.35. The van der Waals surface area contributed by atoms with Crippen molar-refractivity contribution in [3.05, 3.63) is 0 Å². The largest absolute Gasteiger partial charge is 0.377 e. The van der Waals surface area contributed by atoms with Crippen LogP contribution in [-0.2, 0) is 9.53 Å². The van der Waals surface area contributed by atoms with Crippen LogP contribution in [0.3, 0.4) is 0 Å². The van der Waals surface area contributed by atoms with Gasteiger partial charge in [0.25, 0.3) is 0 Å². The van der Waals surface area contributed by atoms with Gasteiger partial charge in [0, 0.05) is 38.6 Å². The number of carbonyl (C=O) groups is 1. The molecule has 1 atom stereocenters. The molecule has 126 valence electrons. The topological polar surface area (TPSA) is 44.8 Å². The summed E-state index contributed by atoms with van der Waals surface area (Å²) >= 11 is 0. The molecule has 5 nitrogen and oxygen atoms in total. The Morgan fingerprint density at radius 2 is 1.91 bits per heavy atom. The summed E-state index contributed by atoms with van der Waals surface area (Å²) in [5.41, 5.74) is 0.366. The summed E-state index contributed by atoms with van der Waals surface area (Å²) in [4.78, 5) is 17.2. The number of rotatable bonds is 5. The van der Waals surface area contributed by atoms with E-state index in [1.54, 1.807) is 0 Å². The highest BCUT2D eigenvalue weighted by molar-refractivity contribution is 5.82. The zero-order chi connectivity index (χ0) is 15.6. The van der Waals surface area contributed by atoms with Gasteiger partial charge in [0.05, 0.1) is 12.7 Å². The Labute approximate surface area is 134 Å². The van der Waals surface area contributed by atoms with Crippen LogP contribution >= 0.6 is 0 Å². The van der Waals surface area contributed by atoms with Gasteiger partial charge in [0.15, 0.2) is 0 Å². The number of carbonyl (C=O) groups excluding carboxylic acids is 1. The molecule has 3 fully saturated rings. The van der Waals surface area contributed by atoms with Crippen molar-refractivity contribution < 1.29 is 9.53 Å². The van der Waals surface area contributed by atoms with Crippen LogP contribution in [0.2, 0.25) is 0 Å². The molecule has 1 unspecified atom stereocenters. The molecule has 1 saturated carbocycles. The van der Waals surface area contributed by atoms with Crippen molar-refractivity contribution >= 4 is 5.91 Å². The molecule has 2 heterocycles. The Balaban J connectivity index is 1.39. The number of amides is 1. The molecule has 3 rings (SSSR count). The number of ether oxygens (including phenoxy) is 1. The predicted molar refractivity (Wildman–Crippen MR) is 86.8 cm³/mol. The van der Waals surface area contributed by atoms with E-state index in [1.807, 2.05) is 0 Å². The summed E-state index contributed by atoms with van der Waals surface area (Å²) in [7, 11) is 0. The van der Waals surface area contributed by atoms with Crippen LogP contribution in [0.25, 0.3) is 0 Å². The minimum atomic E-state index is 0.305. The first-order valence-electron chi connectivity index (χ1n) is 8.94. The zero-order valence-corrected chi connectivity index (χ0v) is 14.1. The lowest BCUT2D eigenvalue weighted by atomic mass is 9.91. The van der Waals surface area contributed by atoms with Crippen LogP contribution in [0.4, 0.5) is 0 Å². The minimum Gasteiger partial charge on any atom is -0.377 e. The van der Waals surface area contributed by atoms with E-state index in [2.05, 4.69) is 29.0 Å². The van der Waals surface area contributed by atoms with Crippen molar-refractivity contribution in [1.82, 2.24) is 15.1 Å². The van der Waals surface area contributed by atoms with E-state index >= 15 is 0 Å². The first-order valence-corrected chi connectivity index (χ1v) is 8.94. The number of hydrogen-bond acceptors (Lipinski definition) is 4. The Bertz CT molecular complexity index is 385. The summed E-state index contributed by atoms with van der Waals surface area (Å²) in [5.74, 6) is 0.755. The van der Waals surface area contributed by atoms with Gasteiger partial charge < -0.3 is 15.0 Å². The molecule has 22 heavy (non-hydrogen) atoms. The molecule has 2 aliphatic heterocycles. The summed E-state index contributed by atoms with van der Waals surface area (Å²) in [5, 5.41) is 3.41. The zero-order valence-electron chi connectivity index (χ0n) is 14.1. The SMILES string of the molecule is CC(C)OCCN1CCN(C(=O)C2CC23CCNCC3)CC1. The third-order valence-corrected chi connectivity index (χ3v) is 5.63. The summed E-state index contributed by atoms with van der Waals surface area (Å²) < 4.78 is 5.61. The van der Waals surface area contributed by atoms with Crippen molar-refractivity contribution in [1.29, 1.82) is 0 Å². The van der Waals surface area contributed by atoms with Crippen LogP contribution < -0.4 is 5.32 Å². The van der Waals surface area contributed by atoms with Gasteiger partial charge in [-0.3, -0.25) is 9.69 Å². The molecular weight excluding hydrogens is 278 g/mol. The fourth-order valence-corrected chi connectivity index (χ4v) is 4.00. The number of piperazine rings is 1. The normalized spacial score (nSPS) is 28.3. The highest BCUT2D eigenvalue weighted by Gasteiger charge is 2.58. The van der Waals surface area contributed by atoms with E-state index in [4.69, 9.17) is 4.74 Å². The summed E-state index contributed by atoms with van der Waals surface area (Å²) in [6, 6.07) is 0. The maximum absolute atomic E-state index is 12.7. The van der Waals surface area contributed by atoms with Crippen LogP contribution in [0.5, 0.6) is 0 Å². The second-order valence-electron chi connectivity index (χ2n) is 7.46. The quantitative estimate of drug-likeness (QED) is 0.821. The standard InChI is InChI=1S/C17H31N3O2/c1-14(2)22-12-11-19-7-9-20(10-8-19)16(21)15-13-17(15)3-5-18-6-4-17/h14-15,18H,3-13H2,1-2H3. The number of nitrogens with zero attached hydrogens (tertiary/aromatic N) is 2. The van der Waals surface area contributed by atoms with Gasteiger partial charge in [-0.1, -0.05) is 0 Å². The molecular formula is C17H31N3O2. The van der Waals surface area contributed by atoms with E-state index in [0.29, 0.717) is 23.3 Å². The highest BCUT2D eigenvalue weighted by atomic mass is 16.5. The van der Waals surface area contributed by atoms with Gasteiger partial charge >= 0.3 is 0 Å². The monoisotopic (exact) mass is 309 g/mol. The molecule has 5 heteroatoms. The average molecular weight is 309 g/mol. The second-order valence-corrected chi connectivity index (χ2v) is 7.46. The van der Waals surface area contributed by atoms with Crippen molar-refractivity contribution in [2.45, 2.75) is 39.2 Å². The first-order chi connectivity index (χ1) is 10.6. The Morgan fingerprint density at radius 1 is 1.23 bits per heavy atom. The van der Waals surface area contributed by atoms with Crippen LogP contribution in [-0.4, -0.2) is 74.2 Å². The van der Waals surface area contributed by atoms with Crippen molar-refractivity contribution in [3.63, 3.8) is 0 Å². The van der Waals surface area contributed by atoms with Crippen LogP contribution in [0, 0.1) is 11.3 Å².